The van der Waals surface area contributed by atoms with Gasteiger partial charge in [0.2, 0.25) is 0 Å². The summed E-state index contributed by atoms with van der Waals surface area (Å²) in [7, 11) is 0. The number of nitrogens with zero attached hydrogens (tertiary/aromatic N) is 4. The quantitative estimate of drug-likeness (QED) is 0.460. The monoisotopic (exact) mass is 368 g/mol. The van der Waals surface area contributed by atoms with Crippen LogP contribution in [0.2, 0.25) is 0 Å². The maximum atomic E-state index is 9.09. The van der Waals surface area contributed by atoms with Gasteiger partial charge in [-0.15, -0.1) is 10.2 Å². The molecule has 4 rings (SSSR count). The molecule has 4 aromatic rings. The highest BCUT2D eigenvalue weighted by molar-refractivity contribution is 7.98. The van der Waals surface area contributed by atoms with Gasteiger partial charge >= 0.3 is 0 Å². The molecule has 0 unspecified atom stereocenters. The van der Waals surface area contributed by atoms with E-state index in [0.29, 0.717) is 5.56 Å². The molecule has 0 spiro atoms. The van der Waals surface area contributed by atoms with Crippen molar-refractivity contribution in [2.45, 2.75) is 10.9 Å². The molecule has 0 aliphatic carbocycles. The Kier molecular flexibility index (Phi) is 4.99. The maximum absolute atomic E-state index is 9.09. The molecule has 0 amide bonds. The van der Waals surface area contributed by atoms with Gasteiger partial charge in [-0.2, -0.15) is 5.26 Å². The van der Waals surface area contributed by atoms with Crippen LogP contribution in [0.15, 0.2) is 90.1 Å². The molecule has 5 heteroatoms. The van der Waals surface area contributed by atoms with Crippen molar-refractivity contribution in [1.82, 2.24) is 14.8 Å². The van der Waals surface area contributed by atoms with E-state index in [0.717, 1.165) is 33.5 Å². The minimum absolute atomic E-state index is 0.669. The summed E-state index contributed by atoms with van der Waals surface area (Å²) in [6, 6.07) is 30.0. The number of rotatable bonds is 5. The average Bonchev–Trinajstić information content (AvgIpc) is 3.17. The molecule has 0 aliphatic heterocycles. The summed E-state index contributed by atoms with van der Waals surface area (Å²) in [5.41, 5.74) is 3.80. The average molecular weight is 368 g/mol. The van der Waals surface area contributed by atoms with E-state index in [2.05, 4.69) is 33.0 Å². The van der Waals surface area contributed by atoms with Crippen LogP contribution in [-0.2, 0) is 5.75 Å². The zero-order chi connectivity index (χ0) is 18.5. The highest BCUT2D eigenvalue weighted by atomic mass is 32.2. The molecule has 0 radical (unpaired) electrons. The smallest absolute Gasteiger partial charge is 0.196 e. The highest BCUT2D eigenvalue weighted by Gasteiger charge is 2.16. The van der Waals surface area contributed by atoms with E-state index in [-0.39, 0.29) is 0 Å². The second kappa shape index (κ2) is 7.90. The van der Waals surface area contributed by atoms with E-state index < -0.39 is 0 Å². The van der Waals surface area contributed by atoms with E-state index >= 15 is 0 Å². The van der Waals surface area contributed by atoms with Crippen LogP contribution in [0.5, 0.6) is 0 Å². The molecule has 130 valence electrons. The number of hydrogen-bond donors (Lipinski definition) is 0. The summed E-state index contributed by atoms with van der Waals surface area (Å²) in [6.07, 6.45) is 0. The molecule has 0 bridgehead atoms. The predicted molar refractivity (Wildman–Crippen MR) is 108 cm³/mol. The fourth-order valence-corrected chi connectivity index (χ4v) is 3.72. The molecule has 1 heterocycles. The standard InChI is InChI=1S/C22H16N4S/c23-15-17-8-7-9-18(14-17)16-27-22-25-24-21(19-10-3-1-4-11-19)26(22)20-12-5-2-6-13-20/h1-14H,16H2. The van der Waals surface area contributed by atoms with Crippen molar-refractivity contribution >= 4 is 11.8 Å². The third-order valence-electron chi connectivity index (χ3n) is 4.10. The van der Waals surface area contributed by atoms with Gasteiger partial charge in [0.15, 0.2) is 11.0 Å². The van der Waals surface area contributed by atoms with Crippen LogP contribution < -0.4 is 0 Å². The van der Waals surface area contributed by atoms with Crippen molar-refractivity contribution in [2.24, 2.45) is 0 Å². The van der Waals surface area contributed by atoms with Gasteiger partial charge in [-0.05, 0) is 29.8 Å². The molecule has 0 aliphatic rings. The summed E-state index contributed by atoms with van der Waals surface area (Å²) >= 11 is 1.61. The Balaban J connectivity index is 1.70. The lowest BCUT2D eigenvalue weighted by atomic mass is 10.2. The van der Waals surface area contributed by atoms with Crippen molar-refractivity contribution in [1.29, 1.82) is 5.26 Å². The van der Waals surface area contributed by atoms with Crippen LogP contribution in [-0.4, -0.2) is 14.8 Å². The first kappa shape index (κ1) is 17.1. The molecule has 1 aromatic heterocycles. The lowest BCUT2D eigenvalue weighted by Crippen LogP contribution is -1.99. The number of para-hydroxylation sites is 1. The number of nitriles is 1. The molecule has 3 aromatic carbocycles. The summed E-state index contributed by atoms with van der Waals surface area (Å²) in [6.45, 7) is 0. The molecule has 27 heavy (non-hydrogen) atoms. The van der Waals surface area contributed by atoms with Crippen molar-refractivity contribution in [3.8, 4) is 23.1 Å². The fourth-order valence-electron chi connectivity index (χ4n) is 2.83. The lowest BCUT2D eigenvalue weighted by Gasteiger charge is -2.10. The maximum Gasteiger partial charge on any atom is 0.196 e. The van der Waals surface area contributed by atoms with Gasteiger partial charge < -0.3 is 0 Å². The minimum Gasteiger partial charge on any atom is -0.270 e. The van der Waals surface area contributed by atoms with Crippen LogP contribution in [0.4, 0.5) is 0 Å². The Bertz CT molecular complexity index is 1080. The SMILES string of the molecule is N#Cc1cccc(CSc2nnc(-c3ccccc3)n2-c2ccccc2)c1. The van der Waals surface area contributed by atoms with E-state index in [1.54, 1.807) is 11.8 Å². The topological polar surface area (TPSA) is 54.5 Å². The number of hydrogen-bond acceptors (Lipinski definition) is 4. The van der Waals surface area contributed by atoms with Crippen LogP contribution >= 0.6 is 11.8 Å². The van der Waals surface area contributed by atoms with E-state index in [4.69, 9.17) is 5.26 Å². The summed E-state index contributed by atoms with van der Waals surface area (Å²) in [5, 5.41) is 18.8. The zero-order valence-electron chi connectivity index (χ0n) is 14.5. The number of thioether (sulfide) groups is 1. The summed E-state index contributed by atoms with van der Waals surface area (Å²) < 4.78 is 2.08. The van der Waals surface area contributed by atoms with Crippen molar-refractivity contribution in [3.63, 3.8) is 0 Å². The first-order chi connectivity index (χ1) is 13.3. The third kappa shape index (κ3) is 3.76. The second-order valence-corrected chi connectivity index (χ2v) is 6.89. The molecule has 0 fully saturated rings. The van der Waals surface area contributed by atoms with Crippen molar-refractivity contribution in [3.05, 3.63) is 96.1 Å². The predicted octanol–water partition coefficient (Wildman–Crippen LogP) is 5.10. The van der Waals surface area contributed by atoms with Crippen LogP contribution in [0.25, 0.3) is 17.1 Å². The first-order valence-electron chi connectivity index (χ1n) is 8.53. The van der Waals surface area contributed by atoms with Crippen LogP contribution in [0.1, 0.15) is 11.1 Å². The Morgan fingerprint density at radius 2 is 1.59 bits per heavy atom. The number of aromatic nitrogens is 3. The van der Waals surface area contributed by atoms with Crippen molar-refractivity contribution in [2.75, 3.05) is 0 Å². The van der Waals surface area contributed by atoms with Gasteiger partial charge in [-0.25, -0.2) is 0 Å². The van der Waals surface area contributed by atoms with Crippen LogP contribution in [0.3, 0.4) is 0 Å². The third-order valence-corrected chi connectivity index (χ3v) is 5.10. The molecule has 0 N–H and O–H groups in total. The first-order valence-corrected chi connectivity index (χ1v) is 9.52. The Hall–Kier alpha value is -3.36. The minimum atomic E-state index is 0.669. The van der Waals surface area contributed by atoms with Gasteiger partial charge in [-0.3, -0.25) is 4.57 Å². The van der Waals surface area contributed by atoms with Gasteiger partial charge in [0.1, 0.15) is 0 Å². The molecular formula is C22H16N4S. The Labute approximate surface area is 162 Å². The fraction of sp³-hybridized carbons (Fsp3) is 0.0455. The summed E-state index contributed by atoms with van der Waals surface area (Å²) in [4.78, 5) is 0. The van der Waals surface area contributed by atoms with E-state index in [9.17, 15) is 0 Å². The van der Waals surface area contributed by atoms with Gasteiger partial charge in [0, 0.05) is 17.0 Å². The van der Waals surface area contributed by atoms with E-state index in [1.165, 1.54) is 0 Å². The highest BCUT2D eigenvalue weighted by Crippen LogP contribution is 2.29. The van der Waals surface area contributed by atoms with Gasteiger partial charge in [0.05, 0.1) is 11.6 Å². The molecule has 0 atom stereocenters. The van der Waals surface area contributed by atoms with Gasteiger partial charge in [0.25, 0.3) is 0 Å². The van der Waals surface area contributed by atoms with Gasteiger partial charge in [-0.1, -0.05) is 72.4 Å². The zero-order valence-corrected chi connectivity index (χ0v) is 15.3. The Morgan fingerprint density at radius 1 is 0.852 bits per heavy atom. The normalized spacial score (nSPS) is 10.5. The molecule has 0 saturated heterocycles. The Morgan fingerprint density at radius 3 is 2.33 bits per heavy atom. The van der Waals surface area contributed by atoms with Crippen LogP contribution in [0, 0.1) is 11.3 Å². The molecule has 4 nitrogen and oxygen atoms in total. The lowest BCUT2D eigenvalue weighted by molar-refractivity contribution is 0.886. The van der Waals surface area contributed by atoms with E-state index in [1.807, 2.05) is 72.8 Å². The number of benzene rings is 3. The summed E-state index contributed by atoms with van der Waals surface area (Å²) in [5.74, 6) is 1.53. The molecular weight excluding hydrogens is 352 g/mol. The van der Waals surface area contributed by atoms with Crippen molar-refractivity contribution < 1.29 is 0 Å². The largest absolute Gasteiger partial charge is 0.270 e. The second-order valence-electron chi connectivity index (χ2n) is 5.94. The molecule has 0 saturated carbocycles.